The van der Waals surface area contributed by atoms with Crippen molar-refractivity contribution in [1.82, 2.24) is 4.98 Å². The van der Waals surface area contributed by atoms with Crippen molar-refractivity contribution in [3.05, 3.63) is 0 Å². The van der Waals surface area contributed by atoms with Crippen molar-refractivity contribution in [3.8, 4) is 0 Å². The Balaban J connectivity index is 2.79. The predicted octanol–water partition coefficient (Wildman–Crippen LogP) is 2.62. The lowest BCUT2D eigenvalue weighted by Crippen LogP contribution is -2.57. The zero-order valence-corrected chi connectivity index (χ0v) is 13.9. The monoisotopic (exact) mass is 263 g/mol. The van der Waals surface area contributed by atoms with E-state index in [0.29, 0.717) is 0 Å². The molecule has 0 bridgehead atoms. The molecule has 15 heavy (non-hydrogen) atoms. The van der Waals surface area contributed by atoms with Crippen molar-refractivity contribution in [3.63, 3.8) is 0 Å². The minimum Gasteiger partial charge on any atom is -0.436 e. The summed E-state index contributed by atoms with van der Waals surface area (Å²) in [5.74, 6) is 0. The fraction of sp³-hybridized carbons (Fsp3) is 1.00. The standard InChI is InChI=1S/C9H25NO2Si3/c1-13(2)9-7-8-10-14(3,4)12-15(5,6)11-13/h10H,7-9H2,1-6H3. The molecule has 0 aromatic rings. The number of rotatable bonds is 0. The van der Waals surface area contributed by atoms with Gasteiger partial charge < -0.3 is 13.2 Å². The lowest BCUT2D eigenvalue weighted by Gasteiger charge is -2.36. The first-order chi connectivity index (χ1) is 6.62. The van der Waals surface area contributed by atoms with Gasteiger partial charge in [-0.25, -0.2) is 0 Å². The van der Waals surface area contributed by atoms with Crippen LogP contribution in [0.2, 0.25) is 45.3 Å². The first kappa shape index (κ1) is 13.6. The summed E-state index contributed by atoms with van der Waals surface area (Å²) in [6.45, 7) is 14.5. The quantitative estimate of drug-likeness (QED) is 0.682. The average molecular weight is 264 g/mol. The highest BCUT2D eigenvalue weighted by Gasteiger charge is 2.40. The summed E-state index contributed by atoms with van der Waals surface area (Å²) < 4.78 is 12.6. The van der Waals surface area contributed by atoms with Crippen LogP contribution in [0.4, 0.5) is 0 Å². The van der Waals surface area contributed by atoms with E-state index in [0.717, 1.165) is 6.54 Å². The Labute approximate surface area is 97.1 Å². The Kier molecular flexibility index (Phi) is 4.01. The van der Waals surface area contributed by atoms with Crippen LogP contribution in [0.15, 0.2) is 0 Å². The highest BCUT2D eigenvalue weighted by atomic mass is 28.5. The molecular formula is C9H25NO2Si3. The molecule has 0 spiro atoms. The third-order valence-electron chi connectivity index (χ3n) is 2.53. The maximum Gasteiger partial charge on any atom is 0.312 e. The van der Waals surface area contributed by atoms with Crippen LogP contribution in [0.3, 0.4) is 0 Å². The summed E-state index contributed by atoms with van der Waals surface area (Å²) in [7, 11) is -5.09. The van der Waals surface area contributed by atoms with Crippen LogP contribution in [-0.4, -0.2) is 31.9 Å². The van der Waals surface area contributed by atoms with Gasteiger partial charge in [0.05, 0.1) is 0 Å². The molecule has 90 valence electrons. The first-order valence-corrected chi connectivity index (χ1v) is 14.6. The van der Waals surface area contributed by atoms with Crippen LogP contribution >= 0.6 is 0 Å². The second-order valence-electron chi connectivity index (χ2n) is 5.90. The number of hydrogen-bond acceptors (Lipinski definition) is 3. The molecular weight excluding hydrogens is 238 g/mol. The molecule has 0 amide bonds. The van der Waals surface area contributed by atoms with Gasteiger partial charge in [0, 0.05) is 0 Å². The van der Waals surface area contributed by atoms with Crippen molar-refractivity contribution in [1.29, 1.82) is 0 Å². The third-order valence-corrected chi connectivity index (χ3v) is 13.4. The largest absolute Gasteiger partial charge is 0.436 e. The number of hydrogen-bond donors (Lipinski definition) is 1. The second-order valence-corrected chi connectivity index (χ2v) is 17.7. The van der Waals surface area contributed by atoms with E-state index in [1.807, 2.05) is 0 Å². The maximum absolute atomic E-state index is 6.33. The molecule has 3 nitrogen and oxygen atoms in total. The molecule has 1 aliphatic rings. The smallest absolute Gasteiger partial charge is 0.312 e. The summed E-state index contributed by atoms with van der Waals surface area (Å²) in [6, 6.07) is 1.24. The van der Waals surface area contributed by atoms with Crippen LogP contribution in [0, 0.1) is 0 Å². The molecule has 1 rings (SSSR count). The molecule has 0 aromatic carbocycles. The lowest BCUT2D eigenvalue weighted by atomic mass is 10.5. The molecule has 0 saturated carbocycles. The van der Waals surface area contributed by atoms with Gasteiger partial charge in [-0.1, -0.05) is 0 Å². The summed E-state index contributed by atoms with van der Waals surface area (Å²) >= 11 is 0. The van der Waals surface area contributed by atoms with Gasteiger partial charge in [-0.3, -0.25) is 0 Å². The number of nitrogens with one attached hydrogen (secondary N) is 1. The van der Waals surface area contributed by atoms with Crippen molar-refractivity contribution in [2.45, 2.75) is 51.7 Å². The van der Waals surface area contributed by atoms with E-state index in [2.05, 4.69) is 44.3 Å². The highest BCUT2D eigenvalue weighted by Crippen LogP contribution is 2.24. The molecule has 0 radical (unpaired) electrons. The Morgan fingerprint density at radius 3 is 2.13 bits per heavy atom. The van der Waals surface area contributed by atoms with Crippen molar-refractivity contribution >= 4 is 25.4 Å². The van der Waals surface area contributed by atoms with Crippen LogP contribution in [0.5, 0.6) is 0 Å². The summed E-state index contributed by atoms with van der Waals surface area (Å²) in [6.07, 6.45) is 1.23. The van der Waals surface area contributed by atoms with Gasteiger partial charge in [0.1, 0.15) is 0 Å². The van der Waals surface area contributed by atoms with Crippen LogP contribution in [-0.2, 0) is 8.23 Å². The molecule has 1 saturated heterocycles. The molecule has 0 unspecified atom stereocenters. The van der Waals surface area contributed by atoms with Gasteiger partial charge in [0.15, 0.2) is 8.32 Å². The summed E-state index contributed by atoms with van der Waals surface area (Å²) in [5, 5.41) is 0. The van der Waals surface area contributed by atoms with Gasteiger partial charge in [0.2, 0.25) is 0 Å². The molecule has 1 N–H and O–H groups in total. The Bertz CT molecular complexity index is 209. The van der Waals surface area contributed by atoms with Crippen LogP contribution < -0.4 is 4.98 Å². The van der Waals surface area contributed by atoms with E-state index in [-0.39, 0.29) is 0 Å². The first-order valence-electron chi connectivity index (χ1n) is 5.77. The topological polar surface area (TPSA) is 30.5 Å². The van der Waals surface area contributed by atoms with E-state index in [1.165, 1.54) is 12.5 Å². The minimum absolute atomic E-state index is 1.09. The van der Waals surface area contributed by atoms with E-state index >= 15 is 0 Å². The van der Waals surface area contributed by atoms with Gasteiger partial charge in [-0.15, -0.1) is 0 Å². The second kappa shape index (κ2) is 4.42. The SMILES string of the molecule is C[Si]1(C)CCCN[Si](C)(C)O[Si](C)(C)O1. The van der Waals surface area contributed by atoms with E-state index in [4.69, 9.17) is 8.23 Å². The van der Waals surface area contributed by atoms with E-state index < -0.39 is 25.4 Å². The molecule has 1 heterocycles. The van der Waals surface area contributed by atoms with Crippen molar-refractivity contribution in [2.24, 2.45) is 0 Å². The molecule has 1 fully saturated rings. The molecule has 0 aromatic heterocycles. The van der Waals surface area contributed by atoms with Gasteiger partial charge >= 0.3 is 8.56 Å². The van der Waals surface area contributed by atoms with Crippen LogP contribution in [0.1, 0.15) is 6.42 Å². The predicted molar refractivity (Wildman–Crippen MR) is 72.0 cm³/mol. The van der Waals surface area contributed by atoms with E-state index in [1.54, 1.807) is 0 Å². The zero-order valence-electron chi connectivity index (χ0n) is 10.9. The lowest BCUT2D eigenvalue weighted by molar-refractivity contribution is 0.387. The minimum atomic E-state index is -1.92. The summed E-state index contributed by atoms with van der Waals surface area (Å²) in [4.78, 5) is 3.59. The molecule has 0 atom stereocenters. The summed E-state index contributed by atoms with van der Waals surface area (Å²) in [5.41, 5.74) is 0. The normalized spacial score (nSPS) is 30.0. The van der Waals surface area contributed by atoms with Crippen molar-refractivity contribution < 1.29 is 8.23 Å². The fourth-order valence-electron chi connectivity index (χ4n) is 2.29. The van der Waals surface area contributed by atoms with Crippen molar-refractivity contribution in [2.75, 3.05) is 6.54 Å². The molecule has 0 aliphatic carbocycles. The Hall–Kier alpha value is 0.531. The van der Waals surface area contributed by atoms with Gasteiger partial charge in [-0.05, 0) is 58.3 Å². The van der Waals surface area contributed by atoms with Gasteiger partial charge in [0.25, 0.3) is 8.48 Å². The van der Waals surface area contributed by atoms with E-state index in [9.17, 15) is 0 Å². The highest BCUT2D eigenvalue weighted by molar-refractivity contribution is 6.87. The molecule has 1 aliphatic heterocycles. The fourth-order valence-corrected chi connectivity index (χ4v) is 15.6. The Morgan fingerprint density at radius 2 is 1.53 bits per heavy atom. The molecule has 6 heteroatoms. The zero-order chi connectivity index (χ0) is 11.7. The van der Waals surface area contributed by atoms with Gasteiger partial charge in [-0.2, -0.15) is 0 Å². The average Bonchev–Trinajstić information content (AvgIpc) is 1.94. The van der Waals surface area contributed by atoms with Crippen LogP contribution in [0.25, 0.3) is 0 Å². The third kappa shape index (κ3) is 4.92. The maximum atomic E-state index is 6.33. The Morgan fingerprint density at radius 1 is 0.933 bits per heavy atom.